The van der Waals surface area contributed by atoms with Crippen LogP contribution in [-0.4, -0.2) is 39.3 Å². The summed E-state index contributed by atoms with van der Waals surface area (Å²) in [5.41, 5.74) is 2.58. The minimum atomic E-state index is -3.68. The standard InChI is InChI=1S/C19H18ClN3O5S/c1-11-7-12(2)18(14(20)8-11)22-16(24)10-28-17(25)9-21-19-13-5-3-4-6-15(13)29(26,27)23-19/h3-8H,9-10H2,1-2H3,(H,21,23)(H,22,24). The van der Waals surface area contributed by atoms with Crippen LogP contribution in [0.25, 0.3) is 0 Å². The van der Waals surface area contributed by atoms with Crippen molar-refractivity contribution in [1.82, 2.24) is 4.72 Å². The summed E-state index contributed by atoms with van der Waals surface area (Å²) < 4.78 is 31.2. The van der Waals surface area contributed by atoms with Gasteiger partial charge < -0.3 is 10.1 Å². The van der Waals surface area contributed by atoms with Crippen LogP contribution < -0.4 is 10.0 Å². The van der Waals surface area contributed by atoms with E-state index in [9.17, 15) is 18.0 Å². The monoisotopic (exact) mass is 435 g/mol. The Morgan fingerprint density at radius 2 is 1.93 bits per heavy atom. The van der Waals surface area contributed by atoms with Gasteiger partial charge in [0.1, 0.15) is 12.4 Å². The number of halogens is 1. The van der Waals surface area contributed by atoms with E-state index in [0.29, 0.717) is 16.3 Å². The third-order valence-electron chi connectivity index (χ3n) is 4.09. The van der Waals surface area contributed by atoms with Crippen molar-refractivity contribution in [3.8, 4) is 0 Å². The number of aliphatic imine (C=N–C) groups is 1. The van der Waals surface area contributed by atoms with Crippen LogP contribution >= 0.6 is 11.6 Å². The summed E-state index contributed by atoms with van der Waals surface area (Å²) in [6.07, 6.45) is 0. The first kappa shape index (κ1) is 20.8. The van der Waals surface area contributed by atoms with Gasteiger partial charge in [0.05, 0.1) is 15.6 Å². The molecule has 2 aromatic carbocycles. The zero-order valence-corrected chi connectivity index (χ0v) is 17.2. The third-order valence-corrected chi connectivity index (χ3v) is 5.78. The van der Waals surface area contributed by atoms with Crippen molar-refractivity contribution in [1.29, 1.82) is 0 Å². The number of nitrogens with one attached hydrogen (secondary N) is 2. The molecule has 0 radical (unpaired) electrons. The van der Waals surface area contributed by atoms with Crippen molar-refractivity contribution in [2.45, 2.75) is 18.7 Å². The molecule has 29 heavy (non-hydrogen) atoms. The average Bonchev–Trinajstić information content (AvgIpc) is 2.92. The van der Waals surface area contributed by atoms with Gasteiger partial charge in [0, 0.05) is 5.56 Å². The predicted molar refractivity (Wildman–Crippen MR) is 109 cm³/mol. The number of carbonyl (C=O) groups excluding carboxylic acids is 2. The van der Waals surface area contributed by atoms with E-state index in [1.54, 1.807) is 31.2 Å². The van der Waals surface area contributed by atoms with Crippen LogP contribution in [0.15, 0.2) is 46.3 Å². The molecule has 0 unspecified atom stereocenters. The summed E-state index contributed by atoms with van der Waals surface area (Å²) in [6.45, 7) is 2.73. The average molecular weight is 436 g/mol. The van der Waals surface area contributed by atoms with Gasteiger partial charge in [-0.1, -0.05) is 29.8 Å². The maximum atomic E-state index is 12.0. The van der Waals surface area contributed by atoms with Gasteiger partial charge in [0.15, 0.2) is 6.61 Å². The number of carbonyl (C=O) groups is 2. The van der Waals surface area contributed by atoms with E-state index in [2.05, 4.69) is 15.0 Å². The zero-order valence-electron chi connectivity index (χ0n) is 15.7. The lowest BCUT2D eigenvalue weighted by Crippen LogP contribution is -2.25. The molecule has 152 valence electrons. The van der Waals surface area contributed by atoms with Crippen molar-refractivity contribution in [3.05, 3.63) is 58.1 Å². The van der Waals surface area contributed by atoms with Crippen molar-refractivity contribution in [3.63, 3.8) is 0 Å². The number of amides is 1. The van der Waals surface area contributed by atoms with E-state index in [1.165, 1.54) is 6.07 Å². The molecule has 0 saturated heterocycles. The van der Waals surface area contributed by atoms with E-state index in [1.807, 2.05) is 13.0 Å². The first-order valence-corrected chi connectivity index (χ1v) is 10.4. The molecule has 0 saturated carbocycles. The van der Waals surface area contributed by atoms with Crippen LogP contribution in [0.5, 0.6) is 0 Å². The Morgan fingerprint density at radius 1 is 1.21 bits per heavy atom. The molecule has 2 N–H and O–H groups in total. The van der Waals surface area contributed by atoms with E-state index >= 15 is 0 Å². The number of nitrogens with zero attached hydrogens (tertiary/aromatic N) is 1. The highest BCUT2D eigenvalue weighted by Crippen LogP contribution is 2.27. The van der Waals surface area contributed by atoms with Crippen molar-refractivity contribution < 1.29 is 22.7 Å². The Morgan fingerprint density at radius 3 is 2.66 bits per heavy atom. The lowest BCUT2D eigenvalue weighted by atomic mass is 10.1. The second-order valence-corrected chi connectivity index (χ2v) is 8.47. The number of hydrogen-bond acceptors (Lipinski definition) is 6. The second kappa shape index (κ2) is 8.22. The highest BCUT2D eigenvalue weighted by atomic mass is 35.5. The van der Waals surface area contributed by atoms with Crippen LogP contribution in [-0.2, 0) is 24.3 Å². The van der Waals surface area contributed by atoms with E-state index < -0.39 is 35.1 Å². The number of amidine groups is 1. The molecule has 0 bridgehead atoms. The van der Waals surface area contributed by atoms with E-state index in [-0.39, 0.29) is 10.7 Å². The Bertz CT molecular complexity index is 1110. The van der Waals surface area contributed by atoms with Crippen LogP contribution in [0.3, 0.4) is 0 Å². The fraction of sp³-hybridized carbons (Fsp3) is 0.211. The van der Waals surface area contributed by atoms with E-state index in [4.69, 9.17) is 16.3 Å². The molecule has 1 aliphatic rings. The van der Waals surface area contributed by atoms with Gasteiger partial charge in [-0.2, -0.15) is 0 Å². The van der Waals surface area contributed by atoms with Gasteiger partial charge >= 0.3 is 5.97 Å². The Labute approximate surface area is 173 Å². The van der Waals surface area contributed by atoms with Crippen molar-refractivity contribution in [2.24, 2.45) is 4.99 Å². The number of hydrogen-bond donors (Lipinski definition) is 2. The van der Waals surface area contributed by atoms with Gasteiger partial charge in [0.25, 0.3) is 15.9 Å². The lowest BCUT2D eigenvalue weighted by Gasteiger charge is -2.11. The number of fused-ring (bicyclic) bond motifs is 1. The summed E-state index contributed by atoms with van der Waals surface area (Å²) in [5, 5.41) is 3.00. The number of esters is 1. The fourth-order valence-corrected chi connectivity index (χ4v) is 4.46. The Hall–Kier alpha value is -2.91. The molecule has 1 heterocycles. The highest BCUT2D eigenvalue weighted by Gasteiger charge is 2.30. The first-order valence-electron chi connectivity index (χ1n) is 8.56. The first-order chi connectivity index (χ1) is 13.7. The molecular weight excluding hydrogens is 418 g/mol. The quantitative estimate of drug-likeness (QED) is 0.698. The molecule has 10 heteroatoms. The predicted octanol–water partition coefficient (Wildman–Crippen LogP) is 2.18. The Kier molecular flexibility index (Phi) is 5.90. The molecular formula is C19H18ClN3O5S. The molecule has 1 amide bonds. The molecule has 0 aromatic heterocycles. The minimum absolute atomic E-state index is 0.0593. The number of sulfonamides is 1. The summed E-state index contributed by atoms with van der Waals surface area (Å²) in [7, 11) is -3.68. The number of aryl methyl sites for hydroxylation is 2. The molecule has 0 aliphatic carbocycles. The van der Waals surface area contributed by atoms with Crippen LogP contribution in [0.4, 0.5) is 5.69 Å². The maximum Gasteiger partial charge on any atom is 0.328 e. The highest BCUT2D eigenvalue weighted by molar-refractivity contribution is 7.90. The fourth-order valence-electron chi connectivity index (χ4n) is 2.84. The normalized spacial score (nSPS) is 15.5. The summed E-state index contributed by atoms with van der Waals surface area (Å²) in [4.78, 5) is 28.0. The smallest absolute Gasteiger partial charge is 0.328 e. The number of ether oxygens (including phenoxy) is 1. The molecule has 0 atom stereocenters. The topological polar surface area (TPSA) is 114 Å². The molecule has 1 aliphatic heterocycles. The van der Waals surface area contributed by atoms with Gasteiger partial charge in [-0.3, -0.25) is 19.3 Å². The van der Waals surface area contributed by atoms with Crippen LogP contribution in [0, 0.1) is 13.8 Å². The van der Waals surface area contributed by atoms with Crippen LogP contribution in [0.1, 0.15) is 16.7 Å². The summed E-state index contributed by atoms with van der Waals surface area (Å²) >= 11 is 6.13. The van der Waals surface area contributed by atoms with Gasteiger partial charge in [0.2, 0.25) is 0 Å². The molecule has 3 rings (SSSR count). The Balaban J connectivity index is 1.57. The van der Waals surface area contributed by atoms with Gasteiger partial charge in [-0.25, -0.2) is 8.42 Å². The molecule has 8 nitrogen and oxygen atoms in total. The maximum absolute atomic E-state index is 12.0. The largest absolute Gasteiger partial charge is 0.454 e. The van der Waals surface area contributed by atoms with Gasteiger partial charge in [-0.15, -0.1) is 0 Å². The van der Waals surface area contributed by atoms with Crippen molar-refractivity contribution in [2.75, 3.05) is 18.5 Å². The third kappa shape index (κ3) is 4.75. The summed E-state index contributed by atoms with van der Waals surface area (Å²) in [6, 6.07) is 9.86. The van der Waals surface area contributed by atoms with E-state index in [0.717, 1.165) is 11.1 Å². The summed E-state index contributed by atoms with van der Waals surface area (Å²) in [5.74, 6) is -1.27. The lowest BCUT2D eigenvalue weighted by molar-refractivity contribution is -0.145. The zero-order chi connectivity index (χ0) is 21.2. The van der Waals surface area contributed by atoms with Crippen molar-refractivity contribution >= 4 is 45.0 Å². The SMILES string of the molecule is Cc1cc(C)c(NC(=O)COC(=O)CN=C2NS(=O)(=O)c3ccccc32)c(Cl)c1. The molecule has 0 fully saturated rings. The number of benzene rings is 2. The van der Waals surface area contributed by atoms with Crippen LogP contribution in [0.2, 0.25) is 5.02 Å². The van der Waals surface area contributed by atoms with Gasteiger partial charge in [-0.05, 0) is 43.2 Å². The minimum Gasteiger partial charge on any atom is -0.454 e. The number of anilines is 1. The number of rotatable bonds is 5. The molecule has 0 spiro atoms. The molecule has 2 aromatic rings. The second-order valence-electron chi connectivity index (χ2n) is 6.41.